The summed E-state index contributed by atoms with van der Waals surface area (Å²) in [6, 6.07) is 8.02. The molecule has 2 aromatic rings. The van der Waals surface area contributed by atoms with Crippen LogP contribution in [0.5, 0.6) is 0 Å². The fourth-order valence-electron chi connectivity index (χ4n) is 3.28. The Labute approximate surface area is 136 Å². The first-order valence-electron chi connectivity index (χ1n) is 8.36. The van der Waals surface area contributed by atoms with Crippen molar-refractivity contribution < 1.29 is 9.53 Å². The van der Waals surface area contributed by atoms with Crippen LogP contribution in [0.3, 0.4) is 0 Å². The third-order valence-electron chi connectivity index (χ3n) is 4.44. The lowest BCUT2D eigenvalue weighted by Crippen LogP contribution is -2.45. The van der Waals surface area contributed by atoms with Crippen LogP contribution in [0.2, 0.25) is 0 Å². The second kappa shape index (κ2) is 7.55. The third-order valence-corrected chi connectivity index (χ3v) is 4.44. The maximum atomic E-state index is 12.7. The van der Waals surface area contributed by atoms with Gasteiger partial charge in [0, 0.05) is 26.3 Å². The Morgan fingerprint density at radius 3 is 2.70 bits per heavy atom. The second-order valence-corrected chi connectivity index (χ2v) is 6.09. The van der Waals surface area contributed by atoms with E-state index in [4.69, 9.17) is 4.74 Å². The van der Waals surface area contributed by atoms with E-state index in [1.54, 1.807) is 7.11 Å². The topological polar surface area (TPSA) is 60.2 Å². The van der Waals surface area contributed by atoms with Gasteiger partial charge in [-0.05, 0) is 44.2 Å². The molecule has 6 nitrogen and oxygen atoms in total. The van der Waals surface area contributed by atoms with E-state index in [9.17, 15) is 4.79 Å². The average molecular weight is 316 g/mol. The van der Waals surface area contributed by atoms with Gasteiger partial charge in [0.1, 0.15) is 17.6 Å². The van der Waals surface area contributed by atoms with Crippen molar-refractivity contribution in [3.63, 3.8) is 0 Å². The van der Waals surface area contributed by atoms with E-state index in [-0.39, 0.29) is 12.5 Å². The van der Waals surface area contributed by atoms with Gasteiger partial charge in [0.05, 0.1) is 0 Å². The van der Waals surface area contributed by atoms with Crippen LogP contribution in [0, 0.1) is 0 Å². The number of carbonyl (C=O) groups excluding carboxylic acids is 1. The molecule has 1 aromatic carbocycles. The highest BCUT2D eigenvalue weighted by Crippen LogP contribution is 2.21. The molecule has 0 saturated carbocycles. The lowest BCUT2D eigenvalue weighted by molar-refractivity contribution is -0.136. The summed E-state index contributed by atoms with van der Waals surface area (Å²) >= 11 is 0. The molecular formula is C17H24N4O2. The van der Waals surface area contributed by atoms with E-state index >= 15 is 0 Å². The van der Waals surface area contributed by atoms with E-state index in [1.165, 1.54) is 11.2 Å². The predicted octanol–water partition coefficient (Wildman–Crippen LogP) is 2.24. The molecule has 0 radical (unpaired) electrons. The molecule has 3 rings (SSSR count). The van der Waals surface area contributed by atoms with Crippen LogP contribution in [0.4, 0.5) is 0 Å². The molecular weight excluding hydrogens is 292 g/mol. The van der Waals surface area contributed by atoms with Gasteiger partial charge in [-0.25, -0.2) is 0 Å². The number of ether oxygens (including phenoxy) is 1. The molecule has 1 saturated heterocycles. The number of fused-ring (bicyclic) bond motifs is 1. The Kier molecular flexibility index (Phi) is 5.23. The zero-order valence-electron chi connectivity index (χ0n) is 13.6. The van der Waals surface area contributed by atoms with Crippen molar-refractivity contribution >= 4 is 16.9 Å². The largest absolute Gasteiger partial charge is 0.385 e. The van der Waals surface area contributed by atoms with Crippen molar-refractivity contribution in [2.75, 3.05) is 20.3 Å². The predicted molar refractivity (Wildman–Crippen MR) is 88.0 cm³/mol. The van der Waals surface area contributed by atoms with Crippen LogP contribution < -0.4 is 0 Å². The highest BCUT2D eigenvalue weighted by molar-refractivity contribution is 5.77. The summed E-state index contributed by atoms with van der Waals surface area (Å²) < 4.78 is 5.13. The molecule has 1 aromatic heterocycles. The molecule has 1 aliphatic heterocycles. The van der Waals surface area contributed by atoms with E-state index in [1.807, 2.05) is 29.2 Å². The standard InChI is InChI=1S/C17H24N4O2/c1-23-12-6-8-14-7-4-5-11-20(14)17(22)13-21-18-15-9-2-3-10-16(15)19-21/h2-3,9-10,14H,4-8,11-13H2,1H3/t14-/m1/s1. The zero-order valence-corrected chi connectivity index (χ0v) is 13.6. The van der Waals surface area contributed by atoms with Crippen molar-refractivity contribution in [1.82, 2.24) is 19.9 Å². The fraction of sp³-hybridized carbons (Fsp3) is 0.588. The zero-order chi connectivity index (χ0) is 16.1. The normalized spacial score (nSPS) is 18.5. The molecule has 23 heavy (non-hydrogen) atoms. The Morgan fingerprint density at radius 2 is 2.00 bits per heavy atom. The van der Waals surface area contributed by atoms with Gasteiger partial charge < -0.3 is 9.64 Å². The number of piperidine rings is 1. The third kappa shape index (κ3) is 3.88. The number of methoxy groups -OCH3 is 1. The number of amides is 1. The van der Waals surface area contributed by atoms with Crippen molar-refractivity contribution in [2.45, 2.75) is 44.7 Å². The van der Waals surface area contributed by atoms with Crippen LogP contribution in [0.1, 0.15) is 32.1 Å². The summed E-state index contributed by atoms with van der Waals surface area (Å²) in [5, 5.41) is 8.77. The van der Waals surface area contributed by atoms with Crippen molar-refractivity contribution in [1.29, 1.82) is 0 Å². The van der Waals surface area contributed by atoms with Gasteiger partial charge in [-0.3, -0.25) is 4.79 Å². The lowest BCUT2D eigenvalue weighted by Gasteiger charge is -2.35. The first-order chi connectivity index (χ1) is 11.3. The minimum atomic E-state index is 0.118. The van der Waals surface area contributed by atoms with E-state index in [0.29, 0.717) is 6.04 Å². The van der Waals surface area contributed by atoms with E-state index in [0.717, 1.165) is 49.9 Å². The fourth-order valence-corrected chi connectivity index (χ4v) is 3.28. The quantitative estimate of drug-likeness (QED) is 0.767. The Morgan fingerprint density at radius 1 is 1.26 bits per heavy atom. The molecule has 1 aliphatic rings. The molecule has 1 amide bonds. The first kappa shape index (κ1) is 15.9. The average Bonchev–Trinajstić information content (AvgIpc) is 2.97. The molecule has 1 atom stereocenters. The molecule has 0 N–H and O–H groups in total. The summed E-state index contributed by atoms with van der Waals surface area (Å²) in [4.78, 5) is 16.2. The van der Waals surface area contributed by atoms with Crippen LogP contribution in [0.15, 0.2) is 24.3 Å². The van der Waals surface area contributed by atoms with Gasteiger partial charge >= 0.3 is 0 Å². The number of carbonyl (C=O) groups is 1. The molecule has 0 aliphatic carbocycles. The van der Waals surface area contributed by atoms with Crippen molar-refractivity contribution in [3.05, 3.63) is 24.3 Å². The summed E-state index contributed by atoms with van der Waals surface area (Å²) in [6.07, 6.45) is 5.37. The number of rotatable bonds is 6. The van der Waals surface area contributed by atoms with E-state index in [2.05, 4.69) is 10.2 Å². The minimum Gasteiger partial charge on any atom is -0.385 e. The van der Waals surface area contributed by atoms with Crippen molar-refractivity contribution in [2.24, 2.45) is 0 Å². The highest BCUT2D eigenvalue weighted by atomic mass is 16.5. The number of nitrogens with zero attached hydrogens (tertiary/aromatic N) is 4. The number of hydrogen-bond donors (Lipinski definition) is 0. The first-order valence-corrected chi connectivity index (χ1v) is 8.36. The molecule has 2 heterocycles. The van der Waals surface area contributed by atoms with Gasteiger partial charge in [0.25, 0.3) is 0 Å². The van der Waals surface area contributed by atoms with Crippen molar-refractivity contribution in [3.8, 4) is 0 Å². The molecule has 0 unspecified atom stereocenters. The number of likely N-dealkylation sites (tertiary alicyclic amines) is 1. The summed E-state index contributed by atoms with van der Waals surface area (Å²) in [5.74, 6) is 0.118. The Bertz CT molecular complexity index is 622. The molecule has 1 fully saturated rings. The Balaban J connectivity index is 1.65. The summed E-state index contributed by atoms with van der Waals surface area (Å²) in [6.45, 7) is 1.82. The molecule has 6 heteroatoms. The van der Waals surface area contributed by atoms with Crippen LogP contribution in [0.25, 0.3) is 11.0 Å². The maximum Gasteiger partial charge on any atom is 0.246 e. The van der Waals surface area contributed by atoms with Crippen LogP contribution >= 0.6 is 0 Å². The maximum absolute atomic E-state index is 12.7. The van der Waals surface area contributed by atoms with Gasteiger partial charge in [-0.1, -0.05) is 12.1 Å². The smallest absolute Gasteiger partial charge is 0.246 e. The monoisotopic (exact) mass is 316 g/mol. The number of benzene rings is 1. The van der Waals surface area contributed by atoms with Gasteiger partial charge in [0.15, 0.2) is 0 Å². The minimum absolute atomic E-state index is 0.118. The summed E-state index contributed by atoms with van der Waals surface area (Å²) in [5.41, 5.74) is 1.66. The van der Waals surface area contributed by atoms with Gasteiger partial charge in [0.2, 0.25) is 5.91 Å². The molecule has 124 valence electrons. The number of hydrogen-bond acceptors (Lipinski definition) is 4. The van der Waals surface area contributed by atoms with Gasteiger partial charge in [-0.15, -0.1) is 0 Å². The lowest BCUT2D eigenvalue weighted by atomic mass is 9.98. The highest BCUT2D eigenvalue weighted by Gasteiger charge is 2.26. The van der Waals surface area contributed by atoms with Crippen LogP contribution in [-0.2, 0) is 16.1 Å². The van der Waals surface area contributed by atoms with Crippen LogP contribution in [-0.4, -0.2) is 52.1 Å². The van der Waals surface area contributed by atoms with Gasteiger partial charge in [-0.2, -0.15) is 15.0 Å². The molecule has 0 bridgehead atoms. The second-order valence-electron chi connectivity index (χ2n) is 6.09. The molecule has 0 spiro atoms. The number of aromatic nitrogens is 3. The van der Waals surface area contributed by atoms with E-state index < -0.39 is 0 Å². The Hall–Kier alpha value is -1.95. The SMILES string of the molecule is COCCC[C@H]1CCCCN1C(=O)Cn1nc2ccccc2n1. The summed E-state index contributed by atoms with van der Waals surface area (Å²) in [7, 11) is 1.72.